The van der Waals surface area contributed by atoms with E-state index in [4.69, 9.17) is 19.9 Å². The van der Waals surface area contributed by atoms with Crippen molar-refractivity contribution in [2.24, 2.45) is 11.8 Å². The molecule has 0 fully saturated rings. The molecule has 4 rings (SSSR count). The van der Waals surface area contributed by atoms with Crippen LogP contribution in [-0.2, 0) is 43.6 Å². The number of nitrogen functional groups attached to an aromatic ring is 1. The van der Waals surface area contributed by atoms with Crippen LogP contribution in [0.2, 0.25) is 0 Å². The molecule has 4 aromatic rings. The maximum Gasteiger partial charge on any atom is 0.412 e. The van der Waals surface area contributed by atoms with Crippen LogP contribution >= 0.6 is 0 Å². The van der Waals surface area contributed by atoms with E-state index in [9.17, 15) is 34.2 Å². The number of carbonyl (C=O) groups is 4. The minimum atomic E-state index is -2.38. The molecular formula is C35H43N7O10. The molecule has 0 bridgehead atoms. The highest BCUT2D eigenvalue weighted by molar-refractivity contribution is 5.83. The molecule has 0 aliphatic carbocycles. The maximum atomic E-state index is 13.9. The Hall–Kier alpha value is -5.97. The van der Waals surface area contributed by atoms with Gasteiger partial charge in [0, 0.05) is 19.0 Å². The SMILES string of the molecule is CC(C)[C@@H](C(=O)O)N(CCCN(C(=O)OCc1ccccc1)[C@](OCc1nc2nc(N)[nH]c(=O)c2[nH]1)(C(=O)O)C(C)C)C(=O)OCc1ccccc1. The van der Waals surface area contributed by atoms with E-state index < -0.39 is 59.9 Å². The average Bonchev–Trinajstić information content (AvgIpc) is 3.52. The van der Waals surface area contributed by atoms with Gasteiger partial charge in [0.25, 0.3) is 5.56 Å². The zero-order chi connectivity index (χ0) is 38.0. The Labute approximate surface area is 298 Å². The first-order chi connectivity index (χ1) is 24.7. The van der Waals surface area contributed by atoms with Crippen molar-refractivity contribution in [3.05, 3.63) is 88.0 Å². The lowest BCUT2D eigenvalue weighted by atomic mass is 9.97. The molecule has 2 atom stereocenters. The lowest BCUT2D eigenvalue weighted by Gasteiger charge is -2.42. The van der Waals surface area contributed by atoms with E-state index in [0.29, 0.717) is 11.1 Å². The van der Waals surface area contributed by atoms with Gasteiger partial charge in [-0.2, -0.15) is 4.98 Å². The minimum Gasteiger partial charge on any atom is -0.480 e. The number of aromatic nitrogens is 4. The van der Waals surface area contributed by atoms with Crippen molar-refractivity contribution in [3.63, 3.8) is 0 Å². The largest absolute Gasteiger partial charge is 0.480 e. The first-order valence-corrected chi connectivity index (χ1v) is 16.5. The second kappa shape index (κ2) is 17.3. The van der Waals surface area contributed by atoms with Gasteiger partial charge < -0.3 is 35.1 Å². The second-order valence-corrected chi connectivity index (χ2v) is 12.6. The molecule has 0 saturated carbocycles. The summed E-state index contributed by atoms with van der Waals surface area (Å²) in [5, 5.41) is 20.8. The predicted molar refractivity (Wildman–Crippen MR) is 186 cm³/mol. The molecule has 0 aliphatic heterocycles. The molecular weight excluding hydrogens is 678 g/mol. The Balaban J connectivity index is 1.64. The van der Waals surface area contributed by atoms with Crippen LogP contribution in [0, 0.1) is 11.8 Å². The molecule has 0 unspecified atom stereocenters. The zero-order valence-electron chi connectivity index (χ0n) is 29.3. The van der Waals surface area contributed by atoms with Crippen molar-refractivity contribution >= 4 is 41.2 Å². The Morgan fingerprint density at radius 2 is 1.40 bits per heavy atom. The number of H-pyrrole nitrogens is 2. The Kier molecular flexibility index (Phi) is 12.9. The fourth-order valence-corrected chi connectivity index (χ4v) is 5.71. The number of nitrogens with one attached hydrogen (secondary N) is 2. The molecule has 2 amide bonds. The Bertz CT molecular complexity index is 1900. The van der Waals surface area contributed by atoms with E-state index in [1.54, 1.807) is 74.5 Å². The molecule has 0 saturated heterocycles. The van der Waals surface area contributed by atoms with Crippen LogP contribution in [0.4, 0.5) is 15.5 Å². The Morgan fingerprint density at radius 3 is 1.92 bits per heavy atom. The van der Waals surface area contributed by atoms with Crippen molar-refractivity contribution in [1.82, 2.24) is 29.7 Å². The first-order valence-electron chi connectivity index (χ1n) is 16.5. The van der Waals surface area contributed by atoms with Crippen molar-refractivity contribution in [2.75, 3.05) is 18.8 Å². The van der Waals surface area contributed by atoms with Crippen LogP contribution in [0.5, 0.6) is 0 Å². The number of nitrogens with zero attached hydrogens (tertiary/aromatic N) is 4. The summed E-state index contributed by atoms with van der Waals surface area (Å²) in [5.41, 5.74) is 3.92. The molecule has 2 aromatic heterocycles. The number of aromatic amines is 2. The highest BCUT2D eigenvalue weighted by Crippen LogP contribution is 2.31. The molecule has 278 valence electrons. The minimum absolute atomic E-state index is 0.0187. The van der Waals surface area contributed by atoms with Crippen LogP contribution in [-0.4, -0.2) is 88.9 Å². The van der Waals surface area contributed by atoms with Crippen molar-refractivity contribution in [2.45, 2.75) is 65.7 Å². The van der Waals surface area contributed by atoms with Crippen LogP contribution in [0.1, 0.15) is 51.1 Å². The summed E-state index contributed by atoms with van der Waals surface area (Å²) >= 11 is 0. The van der Waals surface area contributed by atoms with E-state index in [0.717, 1.165) is 9.80 Å². The van der Waals surface area contributed by atoms with E-state index in [2.05, 4.69) is 19.9 Å². The van der Waals surface area contributed by atoms with Gasteiger partial charge in [0.15, 0.2) is 11.2 Å². The number of ether oxygens (including phenoxy) is 3. The third-order valence-corrected chi connectivity index (χ3v) is 8.21. The molecule has 6 N–H and O–H groups in total. The number of rotatable bonds is 17. The molecule has 0 radical (unpaired) electrons. The number of amides is 2. The maximum absolute atomic E-state index is 13.9. The highest BCUT2D eigenvalue weighted by Gasteiger charge is 2.52. The second-order valence-electron chi connectivity index (χ2n) is 12.6. The van der Waals surface area contributed by atoms with E-state index in [-0.39, 0.29) is 55.7 Å². The highest BCUT2D eigenvalue weighted by atomic mass is 16.6. The molecule has 2 heterocycles. The van der Waals surface area contributed by atoms with Crippen molar-refractivity contribution < 1.29 is 43.6 Å². The summed E-state index contributed by atoms with van der Waals surface area (Å²) in [6, 6.07) is 16.3. The number of hydrogen-bond donors (Lipinski definition) is 5. The quantitative estimate of drug-likeness (QED) is 0.0971. The van der Waals surface area contributed by atoms with E-state index in [1.165, 1.54) is 13.8 Å². The van der Waals surface area contributed by atoms with Crippen LogP contribution in [0.25, 0.3) is 11.2 Å². The molecule has 52 heavy (non-hydrogen) atoms. The summed E-state index contributed by atoms with van der Waals surface area (Å²) in [7, 11) is 0. The van der Waals surface area contributed by atoms with Crippen LogP contribution in [0.3, 0.4) is 0 Å². The van der Waals surface area contributed by atoms with Gasteiger partial charge in [-0.05, 0) is 23.5 Å². The van der Waals surface area contributed by atoms with Gasteiger partial charge in [0.05, 0.1) is 0 Å². The number of carbonyl (C=O) groups excluding carboxylic acids is 2. The van der Waals surface area contributed by atoms with Gasteiger partial charge in [0.1, 0.15) is 31.7 Å². The molecule has 0 aliphatic rings. The number of anilines is 1. The number of fused-ring (bicyclic) bond motifs is 1. The van der Waals surface area contributed by atoms with Crippen molar-refractivity contribution in [3.8, 4) is 0 Å². The van der Waals surface area contributed by atoms with Gasteiger partial charge in [-0.15, -0.1) is 0 Å². The van der Waals surface area contributed by atoms with Crippen molar-refractivity contribution in [1.29, 1.82) is 0 Å². The molecule has 0 spiro atoms. The summed E-state index contributed by atoms with van der Waals surface area (Å²) in [5.74, 6) is -4.41. The number of carboxylic acids is 2. The van der Waals surface area contributed by atoms with Gasteiger partial charge in [-0.25, -0.2) is 24.2 Å². The summed E-state index contributed by atoms with van der Waals surface area (Å²) < 4.78 is 17.1. The lowest BCUT2D eigenvalue weighted by Crippen LogP contribution is -2.62. The van der Waals surface area contributed by atoms with Gasteiger partial charge >= 0.3 is 24.1 Å². The van der Waals surface area contributed by atoms with Gasteiger partial charge in [-0.3, -0.25) is 19.6 Å². The Morgan fingerprint density at radius 1 is 0.827 bits per heavy atom. The third-order valence-electron chi connectivity index (χ3n) is 8.21. The number of nitrogens with two attached hydrogens (primary N) is 1. The number of aliphatic carboxylic acids is 2. The fraction of sp³-hybridized carbons (Fsp3) is 0.400. The smallest absolute Gasteiger partial charge is 0.412 e. The zero-order valence-corrected chi connectivity index (χ0v) is 29.3. The van der Waals surface area contributed by atoms with Gasteiger partial charge in [-0.1, -0.05) is 88.4 Å². The third kappa shape index (κ3) is 9.22. The van der Waals surface area contributed by atoms with Gasteiger partial charge in [0.2, 0.25) is 11.7 Å². The summed E-state index contributed by atoms with van der Waals surface area (Å²) in [6.45, 7) is 4.92. The first kappa shape index (κ1) is 38.8. The number of carboxylic acid groups (broad SMARTS) is 2. The standard InChI is InChI=1S/C35H43N7O10/c1-21(2)27(30(44)45)41(33(48)50-18-23-12-7-5-8-13-23)16-11-17-42(34(49)51-19-24-14-9-6-10-15-24)35(22(3)4,31(46)47)52-20-25-37-26-28(38-25)39-32(36)40-29(26)43/h5-10,12-15,21-22,27H,11,16-20H2,1-4H3,(H,44,45)(H,46,47)(H4,36,37,38,39,40,43)/t27-,35+/m0/s1. The molecule has 2 aromatic carbocycles. The number of imidazole rings is 1. The summed E-state index contributed by atoms with van der Waals surface area (Å²) in [6.07, 6.45) is -2.06. The monoisotopic (exact) mass is 721 g/mol. The van der Waals surface area contributed by atoms with E-state index >= 15 is 0 Å². The van der Waals surface area contributed by atoms with Crippen LogP contribution in [0.15, 0.2) is 65.5 Å². The molecule has 17 heteroatoms. The fourth-order valence-electron chi connectivity index (χ4n) is 5.71. The van der Waals surface area contributed by atoms with E-state index in [1.807, 2.05) is 0 Å². The van der Waals surface area contributed by atoms with Crippen LogP contribution < -0.4 is 11.3 Å². The normalized spacial score (nSPS) is 13.0. The topological polar surface area (TPSA) is 243 Å². The average molecular weight is 722 g/mol. The number of benzene rings is 2. The molecule has 17 nitrogen and oxygen atoms in total. The lowest BCUT2D eigenvalue weighted by molar-refractivity contribution is -0.210. The number of hydrogen-bond acceptors (Lipinski definition) is 11. The summed E-state index contributed by atoms with van der Waals surface area (Å²) in [4.78, 5) is 80.5. The predicted octanol–water partition coefficient (Wildman–Crippen LogP) is 3.96.